The smallest absolute Gasteiger partial charge is 0.327 e. The first-order valence-electron chi connectivity index (χ1n) is 23.4. The zero-order valence-electron chi connectivity index (χ0n) is 41.7. The van der Waals surface area contributed by atoms with Crippen molar-refractivity contribution in [2.24, 2.45) is 0 Å². The summed E-state index contributed by atoms with van der Waals surface area (Å²) < 4.78 is 95.1. The van der Waals surface area contributed by atoms with E-state index in [0.29, 0.717) is 44.5 Å². The lowest BCUT2D eigenvalue weighted by Crippen LogP contribution is -2.07. The molecule has 6 rings (SSSR count). The normalized spacial score (nSPS) is 16.3. The van der Waals surface area contributed by atoms with Crippen molar-refractivity contribution in [3.05, 3.63) is 141 Å². The highest BCUT2D eigenvalue weighted by molar-refractivity contribution is 7.98. The zero-order chi connectivity index (χ0) is 51.7. The fourth-order valence-corrected chi connectivity index (χ4v) is 10.9. The molecule has 0 heterocycles. The van der Waals surface area contributed by atoms with Crippen LogP contribution in [0.25, 0.3) is 34.4 Å². The topological polar surface area (TPSA) is 141 Å². The molecular weight excluding hydrogens is 989 g/mol. The van der Waals surface area contributed by atoms with Gasteiger partial charge in [-0.15, -0.1) is 11.8 Å². The minimum absolute atomic E-state index is 0.0262. The average molecular weight is 1050 g/mol. The first-order valence-corrected chi connectivity index (χ1v) is 30.2. The van der Waals surface area contributed by atoms with Crippen LogP contribution in [0.2, 0.25) is 0 Å². The molecule has 0 fully saturated rings. The molecule has 0 N–H and O–H groups in total. The van der Waals surface area contributed by atoms with Gasteiger partial charge in [-0.25, -0.2) is 8.78 Å². The third kappa shape index (κ3) is 17.3. The SMILES string of the molecule is CCOP(C)(=O)OCCCCOC(=O)CC1=C(C)/C(=C/c2ccc(S(C)=O)cc2)c2ccc(F)cc21.CCOP(C)(=O)OCCCCOC(=O)CC1=C(C)/C(=C/c2ccc(SC)cc2)c2ccc(F)cc21. The molecule has 11 nitrogen and oxygen atoms in total. The van der Waals surface area contributed by atoms with Gasteiger partial charge in [0.05, 0.1) is 52.5 Å². The molecule has 3 atom stereocenters. The number of thioether (sulfide) groups is 1. The lowest BCUT2D eigenvalue weighted by atomic mass is 10.0. The summed E-state index contributed by atoms with van der Waals surface area (Å²) in [5.74, 6) is -1.47. The molecule has 4 aromatic carbocycles. The second-order valence-corrected chi connectivity index (χ2v) is 23.1. The first kappa shape index (κ1) is 57.3. The van der Waals surface area contributed by atoms with Crippen LogP contribution in [0.1, 0.15) is 99.6 Å². The number of hydrogen-bond donors (Lipinski definition) is 0. The van der Waals surface area contributed by atoms with Crippen molar-refractivity contribution >= 4 is 84.1 Å². The van der Waals surface area contributed by atoms with Gasteiger partial charge < -0.3 is 27.6 Å². The molecule has 17 heteroatoms. The Hall–Kier alpha value is -4.56. The zero-order valence-corrected chi connectivity index (χ0v) is 45.1. The Balaban J connectivity index is 0.000000264. The highest BCUT2D eigenvalue weighted by atomic mass is 32.2. The lowest BCUT2D eigenvalue weighted by molar-refractivity contribution is -0.143. The minimum atomic E-state index is -3.02. The molecule has 4 aromatic rings. The number of rotatable bonds is 24. The number of halogens is 2. The van der Waals surface area contributed by atoms with Crippen LogP contribution in [-0.2, 0) is 57.1 Å². The predicted molar refractivity (Wildman–Crippen MR) is 283 cm³/mol. The Morgan fingerprint density at radius 1 is 0.592 bits per heavy atom. The first-order chi connectivity index (χ1) is 33.8. The largest absolute Gasteiger partial charge is 0.465 e. The van der Waals surface area contributed by atoms with E-state index in [1.165, 1.54) is 42.5 Å². The second kappa shape index (κ2) is 27.5. The van der Waals surface area contributed by atoms with E-state index in [-0.39, 0.29) is 56.9 Å². The number of carbonyl (C=O) groups excluding carboxylic acids is 2. The maximum Gasteiger partial charge on any atom is 0.327 e. The van der Waals surface area contributed by atoms with E-state index in [1.54, 1.807) is 44.0 Å². The van der Waals surface area contributed by atoms with Crippen LogP contribution >= 0.6 is 27.0 Å². The van der Waals surface area contributed by atoms with Crippen molar-refractivity contribution in [1.29, 1.82) is 0 Å². The van der Waals surface area contributed by atoms with Crippen molar-refractivity contribution in [3.8, 4) is 0 Å². The van der Waals surface area contributed by atoms with Gasteiger partial charge in [-0.3, -0.25) is 22.9 Å². The quantitative estimate of drug-likeness (QED) is 0.0285. The fourth-order valence-electron chi connectivity index (χ4n) is 7.93. The minimum Gasteiger partial charge on any atom is -0.465 e. The van der Waals surface area contributed by atoms with E-state index in [1.807, 2.05) is 50.4 Å². The molecule has 382 valence electrons. The van der Waals surface area contributed by atoms with Crippen LogP contribution in [0.4, 0.5) is 8.78 Å². The maximum absolute atomic E-state index is 14.1. The van der Waals surface area contributed by atoms with E-state index in [4.69, 9.17) is 27.6 Å². The summed E-state index contributed by atoms with van der Waals surface area (Å²) >= 11 is 1.68. The van der Waals surface area contributed by atoms with Crippen LogP contribution in [0, 0.1) is 11.6 Å². The van der Waals surface area contributed by atoms with Gasteiger partial charge in [0, 0.05) is 40.2 Å². The summed E-state index contributed by atoms with van der Waals surface area (Å²) in [5, 5.41) is 0. The predicted octanol–water partition coefficient (Wildman–Crippen LogP) is 13.9. The van der Waals surface area contributed by atoms with Gasteiger partial charge in [-0.05, 0) is 187 Å². The molecule has 0 saturated carbocycles. The van der Waals surface area contributed by atoms with E-state index in [2.05, 4.69) is 30.3 Å². The van der Waals surface area contributed by atoms with Gasteiger partial charge in [-0.2, -0.15) is 0 Å². The molecular formula is C54H64F2O11P2S2. The number of allylic oxidation sites excluding steroid dienone is 4. The molecule has 3 unspecified atom stereocenters. The van der Waals surface area contributed by atoms with Gasteiger partial charge in [0.15, 0.2) is 0 Å². The second-order valence-electron chi connectivity index (χ2n) is 16.8. The van der Waals surface area contributed by atoms with Gasteiger partial charge in [0.25, 0.3) is 0 Å². The van der Waals surface area contributed by atoms with Crippen molar-refractivity contribution in [1.82, 2.24) is 0 Å². The van der Waals surface area contributed by atoms with Crippen LogP contribution in [-0.4, -0.2) is 81.6 Å². The van der Waals surface area contributed by atoms with Crippen molar-refractivity contribution < 1.29 is 59.3 Å². The molecule has 2 aliphatic rings. The van der Waals surface area contributed by atoms with Crippen LogP contribution in [0.5, 0.6) is 0 Å². The molecule has 0 bridgehead atoms. The van der Waals surface area contributed by atoms with Crippen molar-refractivity contribution in [3.63, 3.8) is 0 Å². The van der Waals surface area contributed by atoms with Gasteiger partial charge in [0.2, 0.25) is 0 Å². The van der Waals surface area contributed by atoms with Gasteiger partial charge in [0.1, 0.15) is 11.6 Å². The number of esters is 2. The molecule has 2 aliphatic carbocycles. The summed E-state index contributed by atoms with van der Waals surface area (Å²) in [6, 6.07) is 24.9. The Morgan fingerprint density at radius 2 is 0.986 bits per heavy atom. The standard InChI is InChI=1S/C27H32FO6PS.C27H32FO5PS/c1-5-33-35(3,30)34-15-7-6-14-32-27(29)18-25-19(2)24(23-13-10-21(28)17-26(23)25)16-20-8-11-22(12-9-20)36(4)31;1-5-32-34(3,30)33-15-7-6-14-31-27(29)18-25-19(2)24(23-13-10-21(28)17-26(23)25)16-20-8-11-22(35-4)12-9-20/h8-13,16-17H,5-7,14-15,18H2,1-4H3;8-13,16-17H,5-7,14-15,18H2,1-4H3/b2*24-16-. The monoisotopic (exact) mass is 1050 g/mol. The molecule has 71 heavy (non-hydrogen) atoms. The summed E-state index contributed by atoms with van der Waals surface area (Å²) in [7, 11) is -7.09. The Labute approximate surface area is 424 Å². The van der Waals surface area contributed by atoms with Gasteiger partial charge in [-0.1, -0.05) is 36.4 Å². The third-order valence-corrected chi connectivity index (χ3v) is 15.9. The molecule has 0 amide bonds. The highest BCUT2D eigenvalue weighted by Crippen LogP contribution is 2.47. The number of benzene rings is 4. The lowest BCUT2D eigenvalue weighted by Gasteiger charge is -2.12. The van der Waals surface area contributed by atoms with Crippen molar-refractivity contribution in [2.45, 2.75) is 76.0 Å². The Bertz CT molecular complexity index is 2770. The van der Waals surface area contributed by atoms with Crippen LogP contribution < -0.4 is 0 Å². The van der Waals surface area contributed by atoms with Gasteiger partial charge >= 0.3 is 27.1 Å². The maximum atomic E-state index is 14.1. The molecule has 0 radical (unpaired) electrons. The molecule has 0 saturated heterocycles. The van der Waals surface area contributed by atoms with E-state index >= 15 is 0 Å². The van der Waals surface area contributed by atoms with Crippen molar-refractivity contribution in [2.75, 3.05) is 65.5 Å². The molecule has 0 spiro atoms. The van der Waals surface area contributed by atoms with E-state index in [0.717, 1.165) is 66.2 Å². The number of unbranched alkanes of at least 4 members (excludes halogenated alkanes) is 2. The summed E-state index contributed by atoms with van der Waals surface area (Å²) in [6.07, 6.45) is 10.1. The summed E-state index contributed by atoms with van der Waals surface area (Å²) in [4.78, 5) is 27.1. The fraction of sp³-hybridized carbons (Fsp3) is 0.370. The van der Waals surface area contributed by atoms with Crippen LogP contribution in [0.3, 0.4) is 0 Å². The summed E-state index contributed by atoms with van der Waals surface area (Å²) in [6.45, 7) is 11.9. The number of fused-ring (bicyclic) bond motifs is 2. The van der Waals surface area contributed by atoms with E-state index in [9.17, 15) is 31.7 Å². The third-order valence-electron chi connectivity index (χ3n) is 11.5. The molecule has 0 aromatic heterocycles. The average Bonchev–Trinajstić information content (AvgIpc) is 3.72. The van der Waals surface area contributed by atoms with E-state index < -0.39 is 32.0 Å². The summed E-state index contributed by atoms with van der Waals surface area (Å²) in [5.41, 5.74) is 10.4. The molecule has 0 aliphatic heterocycles. The Kier molecular flexibility index (Phi) is 22.2. The number of hydrogen-bond acceptors (Lipinski definition) is 12. The number of ether oxygens (including phenoxy) is 2. The van der Waals surface area contributed by atoms with Crippen LogP contribution in [0.15, 0.2) is 106 Å². The Morgan fingerprint density at radius 3 is 1.37 bits per heavy atom. The highest BCUT2D eigenvalue weighted by Gasteiger charge is 2.28. The number of carbonyl (C=O) groups is 2.